The van der Waals surface area contributed by atoms with Gasteiger partial charge in [0, 0.05) is 49.0 Å². The monoisotopic (exact) mass is 409 g/mol. The first kappa shape index (κ1) is 19.6. The van der Waals surface area contributed by atoms with E-state index in [4.69, 9.17) is 16.0 Å². The van der Waals surface area contributed by atoms with Crippen molar-refractivity contribution < 1.29 is 9.21 Å². The summed E-state index contributed by atoms with van der Waals surface area (Å²) in [4.78, 5) is 17.1. The van der Waals surface area contributed by atoms with Crippen molar-refractivity contribution in [2.45, 2.75) is 13.1 Å². The lowest BCUT2D eigenvalue weighted by molar-refractivity contribution is 0.0948. The van der Waals surface area contributed by atoms with E-state index >= 15 is 0 Å². The molecule has 3 aromatic rings. The number of benzene rings is 2. The molecule has 0 aliphatic carbocycles. The number of halogens is 1. The number of nitrogens with one attached hydrogen (secondary N) is 1. The van der Waals surface area contributed by atoms with E-state index in [9.17, 15) is 4.79 Å². The summed E-state index contributed by atoms with van der Waals surface area (Å²) in [7, 11) is 0. The van der Waals surface area contributed by atoms with Gasteiger partial charge in [-0.3, -0.25) is 9.69 Å². The van der Waals surface area contributed by atoms with Gasteiger partial charge in [0.15, 0.2) is 0 Å². The van der Waals surface area contributed by atoms with Crippen molar-refractivity contribution in [3.05, 3.63) is 88.8 Å². The summed E-state index contributed by atoms with van der Waals surface area (Å²) in [6.45, 7) is 5.24. The fourth-order valence-corrected chi connectivity index (χ4v) is 3.72. The fraction of sp³-hybridized carbons (Fsp3) is 0.261. The van der Waals surface area contributed by atoms with E-state index in [2.05, 4.69) is 21.2 Å². The zero-order valence-electron chi connectivity index (χ0n) is 16.2. The van der Waals surface area contributed by atoms with Crippen LogP contribution in [0.3, 0.4) is 0 Å². The summed E-state index contributed by atoms with van der Waals surface area (Å²) in [6.07, 6.45) is 1.60. The Morgan fingerprint density at radius 1 is 1.00 bits per heavy atom. The lowest BCUT2D eigenvalue weighted by Crippen LogP contribution is -2.45. The minimum atomic E-state index is -0.0944. The Hall–Kier alpha value is -2.76. The molecule has 2 aromatic carbocycles. The maximum Gasteiger partial charge on any atom is 0.251 e. The van der Waals surface area contributed by atoms with Gasteiger partial charge in [0.25, 0.3) is 5.91 Å². The van der Waals surface area contributed by atoms with Gasteiger partial charge in [0.1, 0.15) is 5.76 Å². The highest BCUT2D eigenvalue weighted by Crippen LogP contribution is 2.21. The predicted molar refractivity (Wildman–Crippen MR) is 115 cm³/mol. The van der Waals surface area contributed by atoms with Gasteiger partial charge in [-0.1, -0.05) is 29.8 Å². The molecule has 6 heteroatoms. The van der Waals surface area contributed by atoms with E-state index in [0.29, 0.717) is 12.1 Å². The predicted octanol–water partition coefficient (Wildman–Crippen LogP) is 4.19. The summed E-state index contributed by atoms with van der Waals surface area (Å²) in [5, 5.41) is 3.64. The molecule has 1 fully saturated rings. The maximum absolute atomic E-state index is 12.3. The molecule has 0 saturated carbocycles. The second-order valence-corrected chi connectivity index (χ2v) is 7.64. The van der Waals surface area contributed by atoms with Crippen molar-refractivity contribution >= 4 is 23.2 Å². The first-order valence-corrected chi connectivity index (χ1v) is 10.2. The molecule has 0 radical (unpaired) electrons. The number of anilines is 1. The van der Waals surface area contributed by atoms with Gasteiger partial charge in [-0.25, -0.2) is 0 Å². The van der Waals surface area contributed by atoms with Crippen molar-refractivity contribution in [1.29, 1.82) is 0 Å². The topological polar surface area (TPSA) is 48.7 Å². The first-order chi connectivity index (χ1) is 14.2. The summed E-state index contributed by atoms with van der Waals surface area (Å²) in [5.41, 5.74) is 3.05. The quantitative estimate of drug-likeness (QED) is 0.663. The van der Waals surface area contributed by atoms with Crippen LogP contribution < -0.4 is 10.2 Å². The summed E-state index contributed by atoms with van der Waals surface area (Å²) in [5.74, 6) is 0.648. The Bertz CT molecular complexity index is 933. The van der Waals surface area contributed by atoms with Crippen LogP contribution >= 0.6 is 11.6 Å². The average Bonchev–Trinajstić information content (AvgIpc) is 3.27. The number of carbonyl (C=O) groups excluding carboxylic acids is 1. The third-order valence-corrected chi connectivity index (χ3v) is 5.41. The number of furan rings is 1. The van der Waals surface area contributed by atoms with Crippen molar-refractivity contribution in [2.24, 2.45) is 0 Å². The molecule has 0 atom stereocenters. The molecular weight excluding hydrogens is 386 g/mol. The number of hydrogen-bond acceptors (Lipinski definition) is 4. The fourth-order valence-electron chi connectivity index (χ4n) is 3.54. The largest absolute Gasteiger partial charge is 0.467 e. The lowest BCUT2D eigenvalue weighted by Gasteiger charge is -2.36. The molecule has 2 heterocycles. The Balaban J connectivity index is 1.26. The van der Waals surface area contributed by atoms with Crippen LogP contribution in [0.25, 0.3) is 0 Å². The van der Waals surface area contributed by atoms with Gasteiger partial charge in [-0.05, 0) is 48.0 Å². The summed E-state index contributed by atoms with van der Waals surface area (Å²) >= 11 is 6.11. The maximum atomic E-state index is 12.3. The lowest BCUT2D eigenvalue weighted by atomic mass is 10.1. The van der Waals surface area contributed by atoms with E-state index in [0.717, 1.165) is 43.5 Å². The molecular formula is C23H24ClN3O2. The van der Waals surface area contributed by atoms with Crippen LogP contribution in [-0.2, 0) is 13.1 Å². The smallest absolute Gasteiger partial charge is 0.251 e. The molecule has 1 aliphatic rings. The molecule has 0 bridgehead atoms. The highest BCUT2D eigenvalue weighted by Gasteiger charge is 2.17. The zero-order valence-corrected chi connectivity index (χ0v) is 16.9. The number of piperazine rings is 1. The van der Waals surface area contributed by atoms with Gasteiger partial charge >= 0.3 is 0 Å². The molecule has 0 spiro atoms. The molecule has 0 unspecified atom stereocenters. The Morgan fingerprint density at radius 2 is 1.79 bits per heavy atom. The molecule has 1 aromatic heterocycles. The minimum Gasteiger partial charge on any atom is -0.467 e. The van der Waals surface area contributed by atoms with E-state index in [1.807, 2.05) is 54.6 Å². The first-order valence-electron chi connectivity index (χ1n) is 9.80. The Kier molecular flexibility index (Phi) is 6.17. The van der Waals surface area contributed by atoms with E-state index in [-0.39, 0.29) is 5.91 Å². The third-order valence-electron chi connectivity index (χ3n) is 5.17. The summed E-state index contributed by atoms with van der Waals surface area (Å²) in [6, 6.07) is 19.5. The summed E-state index contributed by atoms with van der Waals surface area (Å²) < 4.78 is 5.23. The van der Waals surface area contributed by atoms with Crippen molar-refractivity contribution in [2.75, 3.05) is 31.1 Å². The molecule has 1 N–H and O–H groups in total. The van der Waals surface area contributed by atoms with Crippen LogP contribution in [0, 0.1) is 0 Å². The zero-order chi connectivity index (χ0) is 20.1. The number of rotatable bonds is 6. The van der Waals surface area contributed by atoms with Gasteiger partial charge in [0.05, 0.1) is 12.8 Å². The van der Waals surface area contributed by atoms with Crippen LogP contribution in [0.5, 0.6) is 0 Å². The van der Waals surface area contributed by atoms with Crippen molar-refractivity contribution in [3.8, 4) is 0 Å². The SMILES string of the molecule is O=C(NCc1ccco1)c1ccc(CN2CCN(c3cccc(Cl)c3)CC2)cc1. The van der Waals surface area contributed by atoms with Crippen LogP contribution in [-0.4, -0.2) is 37.0 Å². The highest BCUT2D eigenvalue weighted by atomic mass is 35.5. The Labute approximate surface area is 175 Å². The number of nitrogens with zero attached hydrogens (tertiary/aromatic N) is 2. The van der Waals surface area contributed by atoms with E-state index < -0.39 is 0 Å². The molecule has 1 aliphatic heterocycles. The van der Waals surface area contributed by atoms with Gasteiger partial charge in [-0.15, -0.1) is 0 Å². The number of amides is 1. The van der Waals surface area contributed by atoms with Crippen LogP contribution in [0.4, 0.5) is 5.69 Å². The molecule has 1 saturated heterocycles. The highest BCUT2D eigenvalue weighted by molar-refractivity contribution is 6.30. The average molecular weight is 410 g/mol. The molecule has 4 rings (SSSR count). The number of hydrogen-bond donors (Lipinski definition) is 1. The molecule has 5 nitrogen and oxygen atoms in total. The van der Waals surface area contributed by atoms with E-state index in [1.165, 1.54) is 11.3 Å². The second-order valence-electron chi connectivity index (χ2n) is 7.20. The molecule has 1 amide bonds. The second kappa shape index (κ2) is 9.16. The standard InChI is InChI=1S/C23H24ClN3O2/c24-20-3-1-4-21(15-20)27-12-10-26(11-13-27)17-18-6-8-19(9-7-18)23(28)25-16-22-5-2-14-29-22/h1-9,14-15H,10-13,16-17H2,(H,25,28). The Morgan fingerprint density at radius 3 is 2.48 bits per heavy atom. The van der Waals surface area contributed by atoms with Gasteiger partial charge < -0.3 is 14.6 Å². The van der Waals surface area contributed by atoms with Gasteiger partial charge in [-0.2, -0.15) is 0 Å². The van der Waals surface area contributed by atoms with E-state index in [1.54, 1.807) is 6.26 Å². The van der Waals surface area contributed by atoms with Crippen LogP contribution in [0.1, 0.15) is 21.7 Å². The van der Waals surface area contributed by atoms with Crippen LogP contribution in [0.15, 0.2) is 71.3 Å². The van der Waals surface area contributed by atoms with Crippen LogP contribution in [0.2, 0.25) is 5.02 Å². The van der Waals surface area contributed by atoms with Crippen molar-refractivity contribution in [1.82, 2.24) is 10.2 Å². The van der Waals surface area contributed by atoms with Crippen molar-refractivity contribution in [3.63, 3.8) is 0 Å². The third kappa shape index (κ3) is 5.19. The van der Waals surface area contributed by atoms with Gasteiger partial charge in [0.2, 0.25) is 0 Å². The molecule has 150 valence electrons. The minimum absolute atomic E-state index is 0.0944. The molecule has 29 heavy (non-hydrogen) atoms. The normalized spacial score (nSPS) is 14.7. The number of carbonyl (C=O) groups is 1.